The lowest BCUT2D eigenvalue weighted by Crippen LogP contribution is -2.29. The van der Waals surface area contributed by atoms with Gasteiger partial charge in [0.25, 0.3) is 0 Å². The van der Waals surface area contributed by atoms with Crippen molar-refractivity contribution in [1.29, 1.82) is 0 Å². The molecule has 106 valence electrons. The van der Waals surface area contributed by atoms with Crippen molar-refractivity contribution in [1.82, 2.24) is 0 Å². The molecule has 0 fully saturated rings. The Kier molecular flexibility index (Phi) is 3.43. The van der Waals surface area contributed by atoms with E-state index in [0.29, 0.717) is 17.9 Å². The number of hydrogen-bond donors (Lipinski definition) is 1. The smallest absolute Gasteiger partial charge is 0.0554 e. The number of hydrogen-bond acceptors (Lipinski definition) is 1. The molecule has 1 aliphatic heterocycles. The van der Waals surface area contributed by atoms with Crippen molar-refractivity contribution in [2.75, 3.05) is 5.32 Å². The third kappa shape index (κ3) is 2.27. The Labute approximate surface area is 141 Å². The number of para-hydroxylation sites is 1. The molecule has 21 heavy (non-hydrogen) atoms. The molecule has 0 bridgehead atoms. The number of allylic oxidation sites excluding steroid dienone is 2. The van der Waals surface area contributed by atoms with Crippen LogP contribution in [-0.2, 0) is 0 Å². The fraction of sp³-hybridized carbons (Fsp3) is 0.222. The Morgan fingerprint density at radius 2 is 1.81 bits per heavy atom. The molecular weight excluding hydrogens is 390 g/mol. The summed E-state index contributed by atoms with van der Waals surface area (Å²) in [6.07, 6.45) is 5.85. The van der Waals surface area contributed by atoms with Crippen molar-refractivity contribution in [3.8, 4) is 0 Å². The zero-order chi connectivity index (χ0) is 14.4. The number of halogens is 2. The summed E-state index contributed by atoms with van der Waals surface area (Å²) in [4.78, 5) is 0. The van der Waals surface area contributed by atoms with Gasteiger partial charge in [-0.3, -0.25) is 0 Å². The molecule has 2 aliphatic rings. The molecule has 3 atom stereocenters. The second-order valence-corrected chi connectivity index (χ2v) is 7.50. The summed E-state index contributed by atoms with van der Waals surface area (Å²) in [5.74, 6) is 1.13. The second-order valence-electron chi connectivity index (χ2n) is 5.73. The minimum Gasteiger partial charge on any atom is -0.377 e. The molecule has 2 aromatic rings. The van der Waals surface area contributed by atoms with E-state index in [2.05, 4.69) is 91.8 Å². The third-order valence-corrected chi connectivity index (χ3v) is 5.76. The normalized spacial score (nSPS) is 26.1. The Hall–Kier alpha value is -1.06. The molecule has 1 aliphatic carbocycles. The van der Waals surface area contributed by atoms with Gasteiger partial charge in [0.15, 0.2) is 0 Å². The highest BCUT2D eigenvalue weighted by Crippen LogP contribution is 2.51. The van der Waals surface area contributed by atoms with Crippen molar-refractivity contribution < 1.29 is 0 Å². The van der Waals surface area contributed by atoms with Gasteiger partial charge >= 0.3 is 0 Å². The van der Waals surface area contributed by atoms with Crippen LogP contribution in [0.1, 0.15) is 29.5 Å². The molecule has 0 unspecified atom stereocenters. The Balaban J connectivity index is 1.81. The molecular formula is C18H15Br2N. The monoisotopic (exact) mass is 403 g/mol. The molecule has 0 amide bonds. The second kappa shape index (κ2) is 5.29. The van der Waals surface area contributed by atoms with Crippen LogP contribution in [0.15, 0.2) is 63.6 Å². The zero-order valence-electron chi connectivity index (χ0n) is 11.4. The van der Waals surface area contributed by atoms with Crippen LogP contribution in [0.2, 0.25) is 0 Å². The Bertz CT molecular complexity index is 706. The van der Waals surface area contributed by atoms with E-state index in [1.165, 1.54) is 16.8 Å². The van der Waals surface area contributed by atoms with Gasteiger partial charge in [0.1, 0.15) is 0 Å². The number of rotatable bonds is 1. The highest BCUT2D eigenvalue weighted by molar-refractivity contribution is 9.10. The van der Waals surface area contributed by atoms with E-state index in [4.69, 9.17) is 0 Å². The number of anilines is 1. The third-order valence-electron chi connectivity index (χ3n) is 4.58. The van der Waals surface area contributed by atoms with Gasteiger partial charge in [-0.05, 0) is 57.6 Å². The first-order valence-electron chi connectivity index (χ1n) is 7.21. The molecule has 0 spiro atoms. The van der Waals surface area contributed by atoms with Crippen molar-refractivity contribution in [2.24, 2.45) is 5.92 Å². The number of nitrogens with one attached hydrogen (secondary N) is 1. The summed E-state index contributed by atoms with van der Waals surface area (Å²) >= 11 is 7.22. The van der Waals surface area contributed by atoms with Crippen LogP contribution in [0.25, 0.3) is 0 Å². The van der Waals surface area contributed by atoms with Crippen LogP contribution in [0.3, 0.4) is 0 Å². The quantitative estimate of drug-likeness (QED) is 0.571. The largest absolute Gasteiger partial charge is 0.377 e. The maximum absolute atomic E-state index is 3.77. The van der Waals surface area contributed by atoms with Crippen LogP contribution in [0, 0.1) is 5.92 Å². The lowest BCUT2D eigenvalue weighted by atomic mass is 9.77. The predicted molar refractivity (Wildman–Crippen MR) is 94.6 cm³/mol. The zero-order valence-corrected chi connectivity index (χ0v) is 14.6. The topological polar surface area (TPSA) is 12.0 Å². The fourth-order valence-electron chi connectivity index (χ4n) is 3.58. The molecule has 1 N–H and O–H groups in total. The molecule has 0 saturated heterocycles. The van der Waals surface area contributed by atoms with E-state index in [9.17, 15) is 0 Å². The lowest BCUT2D eigenvalue weighted by Gasteiger charge is -2.38. The van der Waals surface area contributed by atoms with Crippen LogP contribution in [0.5, 0.6) is 0 Å². The van der Waals surface area contributed by atoms with Gasteiger partial charge in [0.2, 0.25) is 0 Å². The Morgan fingerprint density at radius 1 is 1.00 bits per heavy atom. The molecule has 0 aromatic heterocycles. The molecule has 2 aromatic carbocycles. The van der Waals surface area contributed by atoms with Gasteiger partial charge in [-0.1, -0.05) is 52.3 Å². The average Bonchev–Trinajstić information content (AvgIpc) is 2.98. The van der Waals surface area contributed by atoms with E-state index < -0.39 is 0 Å². The van der Waals surface area contributed by atoms with Crippen molar-refractivity contribution in [3.63, 3.8) is 0 Å². The summed E-state index contributed by atoms with van der Waals surface area (Å²) in [5.41, 5.74) is 4.02. The predicted octanol–water partition coefficient (Wildman–Crippen LogP) is 6.04. The lowest BCUT2D eigenvalue weighted by molar-refractivity contribution is 0.425. The minimum atomic E-state index is 0.365. The van der Waals surface area contributed by atoms with Crippen LogP contribution in [0.4, 0.5) is 5.69 Å². The maximum atomic E-state index is 3.77. The first-order chi connectivity index (χ1) is 10.2. The van der Waals surface area contributed by atoms with Crippen molar-refractivity contribution in [3.05, 3.63) is 74.7 Å². The van der Waals surface area contributed by atoms with E-state index in [-0.39, 0.29) is 0 Å². The van der Waals surface area contributed by atoms with E-state index >= 15 is 0 Å². The van der Waals surface area contributed by atoms with Crippen LogP contribution in [-0.4, -0.2) is 0 Å². The average molecular weight is 405 g/mol. The van der Waals surface area contributed by atoms with E-state index in [0.717, 1.165) is 15.4 Å². The molecule has 1 nitrogen and oxygen atoms in total. The standard InChI is InChI=1S/C18H15Br2N/c19-12-9-7-11(8-10-12)17-14-4-1-3-13(14)15-5-2-6-16(20)18(15)21-17/h1-3,5-10,13-14,17,21H,4H2/t13-,14-,17+/m1/s1. The summed E-state index contributed by atoms with van der Waals surface area (Å²) in [6.45, 7) is 0. The number of fused-ring (bicyclic) bond motifs is 3. The van der Waals surface area contributed by atoms with Crippen molar-refractivity contribution in [2.45, 2.75) is 18.4 Å². The molecule has 0 saturated carbocycles. The van der Waals surface area contributed by atoms with Gasteiger partial charge in [-0.2, -0.15) is 0 Å². The fourth-order valence-corrected chi connectivity index (χ4v) is 4.34. The first-order valence-corrected chi connectivity index (χ1v) is 8.80. The SMILES string of the molecule is Brc1ccc([C@@H]2Nc3c(Br)cccc3[C@@H]3C=CC[C@H]32)cc1. The molecule has 3 heteroatoms. The summed E-state index contributed by atoms with van der Waals surface area (Å²) in [7, 11) is 0. The van der Waals surface area contributed by atoms with Crippen molar-refractivity contribution >= 4 is 37.5 Å². The highest BCUT2D eigenvalue weighted by Gasteiger charge is 2.38. The summed E-state index contributed by atoms with van der Waals surface area (Å²) < 4.78 is 2.28. The summed E-state index contributed by atoms with van der Waals surface area (Å²) in [5, 5.41) is 3.77. The van der Waals surface area contributed by atoms with E-state index in [1.807, 2.05) is 0 Å². The van der Waals surface area contributed by atoms with Crippen LogP contribution >= 0.6 is 31.9 Å². The molecule has 4 rings (SSSR count). The van der Waals surface area contributed by atoms with Gasteiger partial charge in [0, 0.05) is 14.9 Å². The van der Waals surface area contributed by atoms with Crippen LogP contribution < -0.4 is 5.32 Å². The van der Waals surface area contributed by atoms with Gasteiger partial charge < -0.3 is 5.32 Å². The first kappa shape index (κ1) is 13.6. The Morgan fingerprint density at radius 3 is 2.62 bits per heavy atom. The number of benzene rings is 2. The van der Waals surface area contributed by atoms with E-state index in [1.54, 1.807) is 0 Å². The summed E-state index contributed by atoms with van der Waals surface area (Å²) in [6, 6.07) is 15.6. The molecule has 1 heterocycles. The highest BCUT2D eigenvalue weighted by atomic mass is 79.9. The maximum Gasteiger partial charge on any atom is 0.0554 e. The van der Waals surface area contributed by atoms with Gasteiger partial charge in [-0.15, -0.1) is 0 Å². The van der Waals surface area contributed by atoms with Gasteiger partial charge in [0.05, 0.1) is 11.7 Å². The minimum absolute atomic E-state index is 0.365. The molecule has 0 radical (unpaired) electrons. The van der Waals surface area contributed by atoms with Gasteiger partial charge in [-0.25, -0.2) is 0 Å².